The van der Waals surface area contributed by atoms with Crippen LogP contribution in [0, 0.1) is 0 Å². The zero-order chi connectivity index (χ0) is 9.71. The molecule has 1 aromatic carbocycles. The summed E-state index contributed by atoms with van der Waals surface area (Å²) in [7, 11) is 0. The van der Waals surface area contributed by atoms with Gasteiger partial charge in [0.05, 0.1) is 6.10 Å². The molecular weight excluding hydrogens is 178 g/mol. The van der Waals surface area contributed by atoms with Gasteiger partial charge in [0.15, 0.2) is 0 Å². The fourth-order valence-electron chi connectivity index (χ4n) is 2.44. The zero-order valence-corrected chi connectivity index (χ0v) is 7.60. The molecule has 2 aliphatic rings. The molecule has 3 rings (SSSR count). The molecule has 14 heavy (non-hydrogen) atoms. The third-order valence-corrected chi connectivity index (χ3v) is 3.22. The van der Waals surface area contributed by atoms with Gasteiger partial charge in [-0.25, -0.2) is 0 Å². The summed E-state index contributed by atoms with van der Waals surface area (Å²) < 4.78 is 0. The molecule has 1 amide bonds. The van der Waals surface area contributed by atoms with E-state index in [1.54, 1.807) is 0 Å². The molecule has 1 aliphatic heterocycles. The molecule has 3 atom stereocenters. The average molecular weight is 189 g/mol. The number of carbonyl (C=O) groups is 1. The SMILES string of the molecule is O=C1N[C@H]2C[C@H](O)[C@H]2c2ccccc21. The molecule has 0 spiro atoms. The molecule has 0 saturated heterocycles. The average Bonchev–Trinajstić information content (AvgIpc) is 2.16. The molecule has 1 heterocycles. The highest BCUT2D eigenvalue weighted by Gasteiger charge is 2.46. The normalized spacial score (nSPS) is 33.8. The lowest BCUT2D eigenvalue weighted by atomic mass is 9.69. The van der Waals surface area contributed by atoms with Crippen LogP contribution >= 0.6 is 0 Å². The second-order valence-electron chi connectivity index (χ2n) is 4.00. The van der Waals surface area contributed by atoms with Gasteiger partial charge >= 0.3 is 0 Å². The van der Waals surface area contributed by atoms with Crippen LogP contribution in [0.4, 0.5) is 0 Å². The lowest BCUT2D eigenvalue weighted by Crippen LogP contribution is -2.57. The molecule has 3 heteroatoms. The minimum absolute atomic E-state index is 0.00579. The lowest BCUT2D eigenvalue weighted by molar-refractivity contribution is 0.0262. The number of nitrogens with one attached hydrogen (secondary N) is 1. The molecule has 1 fully saturated rings. The highest BCUT2D eigenvalue weighted by atomic mass is 16.3. The molecule has 0 unspecified atom stereocenters. The Balaban J connectivity index is 2.13. The van der Waals surface area contributed by atoms with E-state index in [0.717, 1.165) is 5.56 Å². The second-order valence-corrected chi connectivity index (χ2v) is 4.00. The minimum atomic E-state index is -0.290. The van der Waals surface area contributed by atoms with Crippen LogP contribution in [0.2, 0.25) is 0 Å². The molecular formula is C11H11NO2. The van der Waals surface area contributed by atoms with Crippen molar-refractivity contribution in [3.8, 4) is 0 Å². The number of aliphatic hydroxyl groups is 1. The van der Waals surface area contributed by atoms with E-state index < -0.39 is 0 Å². The van der Waals surface area contributed by atoms with Gasteiger partial charge in [-0.3, -0.25) is 4.79 Å². The summed E-state index contributed by atoms with van der Waals surface area (Å²) in [4.78, 5) is 11.6. The first kappa shape index (κ1) is 8.00. The van der Waals surface area contributed by atoms with Gasteiger partial charge in [-0.1, -0.05) is 18.2 Å². The number of aliphatic hydroxyl groups excluding tert-OH is 1. The van der Waals surface area contributed by atoms with Gasteiger partial charge in [0.25, 0.3) is 5.91 Å². The van der Waals surface area contributed by atoms with Crippen LogP contribution in [-0.2, 0) is 0 Å². The fraction of sp³-hybridized carbons (Fsp3) is 0.364. The van der Waals surface area contributed by atoms with Crippen LogP contribution in [-0.4, -0.2) is 23.2 Å². The molecule has 1 aliphatic carbocycles. The number of hydrogen-bond donors (Lipinski definition) is 2. The molecule has 1 saturated carbocycles. The van der Waals surface area contributed by atoms with E-state index in [0.29, 0.717) is 12.0 Å². The van der Waals surface area contributed by atoms with Crippen LogP contribution in [0.5, 0.6) is 0 Å². The highest BCUT2D eigenvalue weighted by Crippen LogP contribution is 2.41. The fourth-order valence-corrected chi connectivity index (χ4v) is 2.44. The Morgan fingerprint density at radius 1 is 1.36 bits per heavy atom. The summed E-state index contributed by atoms with van der Waals surface area (Å²) in [6, 6.07) is 7.66. The first-order chi connectivity index (χ1) is 6.77. The van der Waals surface area contributed by atoms with E-state index in [2.05, 4.69) is 5.32 Å². The largest absolute Gasteiger partial charge is 0.392 e. The number of amides is 1. The summed E-state index contributed by atoms with van der Waals surface area (Å²) in [6.45, 7) is 0. The second kappa shape index (κ2) is 2.58. The standard InChI is InChI=1S/C11H11NO2/c13-9-5-8-10(9)6-3-1-2-4-7(6)11(14)12-8/h1-4,8-10,13H,5H2,(H,12,14)/t8-,9-,10-/m0/s1. The Bertz CT molecular complexity index is 402. The van der Waals surface area contributed by atoms with Crippen molar-refractivity contribution in [3.63, 3.8) is 0 Å². The van der Waals surface area contributed by atoms with E-state index in [1.165, 1.54) is 0 Å². The maximum Gasteiger partial charge on any atom is 0.251 e. The molecule has 72 valence electrons. The molecule has 1 aromatic rings. The summed E-state index contributed by atoms with van der Waals surface area (Å²) in [6.07, 6.45) is 0.395. The van der Waals surface area contributed by atoms with Crippen LogP contribution in [0.3, 0.4) is 0 Å². The van der Waals surface area contributed by atoms with Crippen LogP contribution in [0.15, 0.2) is 24.3 Å². The Hall–Kier alpha value is -1.35. The van der Waals surface area contributed by atoms with E-state index in [4.69, 9.17) is 0 Å². The lowest BCUT2D eigenvalue weighted by Gasteiger charge is -2.45. The van der Waals surface area contributed by atoms with E-state index in [9.17, 15) is 9.90 Å². The predicted octanol–water partition coefficient (Wildman–Crippen LogP) is 0.647. The van der Waals surface area contributed by atoms with Gasteiger partial charge in [-0.05, 0) is 18.1 Å². The summed E-state index contributed by atoms with van der Waals surface area (Å²) in [5.74, 6) is 0.109. The van der Waals surface area contributed by atoms with Crippen molar-refractivity contribution in [2.24, 2.45) is 0 Å². The molecule has 0 aromatic heterocycles. The topological polar surface area (TPSA) is 49.3 Å². The van der Waals surface area contributed by atoms with Gasteiger partial charge in [-0.15, -0.1) is 0 Å². The van der Waals surface area contributed by atoms with Crippen LogP contribution < -0.4 is 5.32 Å². The van der Waals surface area contributed by atoms with Gasteiger partial charge in [0, 0.05) is 17.5 Å². The molecule has 3 nitrogen and oxygen atoms in total. The van der Waals surface area contributed by atoms with Gasteiger partial charge < -0.3 is 10.4 Å². The maximum absolute atomic E-state index is 11.6. The summed E-state index contributed by atoms with van der Waals surface area (Å²) in [5.41, 5.74) is 1.72. The molecule has 0 radical (unpaired) electrons. The zero-order valence-electron chi connectivity index (χ0n) is 7.60. The van der Waals surface area contributed by atoms with Crippen LogP contribution in [0.25, 0.3) is 0 Å². The predicted molar refractivity (Wildman–Crippen MR) is 51.1 cm³/mol. The van der Waals surface area contributed by atoms with E-state index in [1.807, 2.05) is 24.3 Å². The Morgan fingerprint density at radius 2 is 2.14 bits per heavy atom. The number of hydrogen-bond acceptors (Lipinski definition) is 2. The first-order valence-corrected chi connectivity index (χ1v) is 4.85. The molecule has 0 bridgehead atoms. The Kier molecular flexibility index (Phi) is 1.47. The van der Waals surface area contributed by atoms with Crippen molar-refractivity contribution < 1.29 is 9.90 Å². The van der Waals surface area contributed by atoms with Crippen LogP contribution in [0.1, 0.15) is 28.3 Å². The number of fused-ring (bicyclic) bond motifs is 3. The maximum atomic E-state index is 11.6. The van der Waals surface area contributed by atoms with Gasteiger partial charge in [0.2, 0.25) is 0 Å². The smallest absolute Gasteiger partial charge is 0.251 e. The van der Waals surface area contributed by atoms with E-state index >= 15 is 0 Å². The van der Waals surface area contributed by atoms with Crippen molar-refractivity contribution in [1.29, 1.82) is 0 Å². The number of rotatable bonds is 0. The third kappa shape index (κ3) is 0.876. The summed E-state index contributed by atoms with van der Waals surface area (Å²) in [5, 5.41) is 12.5. The minimum Gasteiger partial charge on any atom is -0.392 e. The quantitative estimate of drug-likeness (QED) is 0.629. The van der Waals surface area contributed by atoms with Crippen molar-refractivity contribution in [2.75, 3.05) is 0 Å². The van der Waals surface area contributed by atoms with Crippen molar-refractivity contribution in [3.05, 3.63) is 35.4 Å². The van der Waals surface area contributed by atoms with Gasteiger partial charge in [0.1, 0.15) is 0 Å². The monoisotopic (exact) mass is 189 g/mol. The van der Waals surface area contributed by atoms with Gasteiger partial charge in [-0.2, -0.15) is 0 Å². The van der Waals surface area contributed by atoms with Crippen molar-refractivity contribution in [2.45, 2.75) is 24.5 Å². The number of benzene rings is 1. The summed E-state index contributed by atoms with van der Waals surface area (Å²) >= 11 is 0. The third-order valence-electron chi connectivity index (χ3n) is 3.22. The Morgan fingerprint density at radius 3 is 2.93 bits per heavy atom. The Labute approximate surface area is 81.8 Å². The molecule has 2 N–H and O–H groups in total. The first-order valence-electron chi connectivity index (χ1n) is 4.85. The van der Waals surface area contributed by atoms with Crippen molar-refractivity contribution >= 4 is 5.91 Å². The van der Waals surface area contributed by atoms with Crippen molar-refractivity contribution in [1.82, 2.24) is 5.32 Å². The highest BCUT2D eigenvalue weighted by molar-refractivity contribution is 5.97. The van der Waals surface area contributed by atoms with E-state index in [-0.39, 0.29) is 24.0 Å². The number of carbonyl (C=O) groups excluding carboxylic acids is 1.